The van der Waals surface area contributed by atoms with Gasteiger partial charge in [-0.15, -0.1) is 0 Å². The summed E-state index contributed by atoms with van der Waals surface area (Å²) < 4.78 is 34.1. The summed E-state index contributed by atoms with van der Waals surface area (Å²) >= 11 is 0. The Labute approximate surface area is 476 Å². The first-order chi connectivity index (χ1) is 37.5. The number of phosphoric acid groups is 1. The fraction of sp³-hybridized carbons (Fsp3) is 0.791. The molecule has 0 amide bonds. The average Bonchev–Trinajstić information content (AvgIpc) is 3.39. The summed E-state index contributed by atoms with van der Waals surface area (Å²) in [6, 6.07) is 0. The van der Waals surface area contributed by atoms with Crippen LogP contribution >= 0.6 is 7.82 Å². The van der Waals surface area contributed by atoms with Crippen molar-refractivity contribution >= 4 is 19.8 Å². The van der Waals surface area contributed by atoms with E-state index in [9.17, 15) is 19.0 Å². The fourth-order valence-electron chi connectivity index (χ4n) is 9.10. The third-order valence-corrected chi connectivity index (χ3v) is 15.0. The van der Waals surface area contributed by atoms with Crippen molar-refractivity contribution in [3.8, 4) is 0 Å². The van der Waals surface area contributed by atoms with Crippen LogP contribution in [0.3, 0.4) is 0 Å². The van der Waals surface area contributed by atoms with Crippen LogP contribution in [0.25, 0.3) is 0 Å². The summed E-state index contributed by atoms with van der Waals surface area (Å²) in [6.45, 7) is 4.07. The number of nitrogens with zero attached hydrogens (tertiary/aromatic N) is 1. The van der Waals surface area contributed by atoms with Crippen molar-refractivity contribution < 1.29 is 42.1 Å². The summed E-state index contributed by atoms with van der Waals surface area (Å²) in [5.41, 5.74) is 0. The number of unbranched alkanes of at least 4 members (excludes halogenated alkanes) is 33. The van der Waals surface area contributed by atoms with Crippen LogP contribution in [0.4, 0.5) is 0 Å². The molecule has 0 bridgehead atoms. The molecule has 448 valence electrons. The van der Waals surface area contributed by atoms with Gasteiger partial charge in [-0.25, -0.2) is 0 Å². The molecule has 0 aliphatic carbocycles. The third kappa shape index (κ3) is 62.5. The lowest BCUT2D eigenvalue weighted by molar-refractivity contribution is -0.870. The summed E-state index contributed by atoms with van der Waals surface area (Å²) in [5, 5.41) is 0. The van der Waals surface area contributed by atoms with E-state index in [1.54, 1.807) is 0 Å². The minimum Gasteiger partial charge on any atom is -0.756 e. The minimum atomic E-state index is -4.66. The lowest BCUT2D eigenvalue weighted by atomic mass is 10.0. The summed E-state index contributed by atoms with van der Waals surface area (Å²) in [5.74, 6) is -0.924. The Morgan fingerprint density at radius 3 is 1.08 bits per heavy atom. The van der Waals surface area contributed by atoms with Crippen molar-refractivity contribution in [2.75, 3.05) is 47.5 Å². The Hall–Kier alpha value is -2.55. The summed E-state index contributed by atoms with van der Waals surface area (Å²) in [4.78, 5) is 37.9. The number of carbonyl (C=O) groups is 2. The van der Waals surface area contributed by atoms with Gasteiger partial charge in [0.25, 0.3) is 7.82 Å². The van der Waals surface area contributed by atoms with Gasteiger partial charge >= 0.3 is 11.9 Å². The van der Waals surface area contributed by atoms with Gasteiger partial charge in [0.15, 0.2) is 6.10 Å². The van der Waals surface area contributed by atoms with Crippen molar-refractivity contribution in [3.63, 3.8) is 0 Å². The highest BCUT2D eigenvalue weighted by molar-refractivity contribution is 7.45. The van der Waals surface area contributed by atoms with E-state index in [0.717, 1.165) is 57.8 Å². The SMILES string of the molecule is CC/C=C\C/C=C\C/C=C\C/C=C\C/C=C\C/C=C\CCC(=O)OC(COC(=O)CCCCCCCCCCCCCCCCCCCCCCCCCCCCCCCCCCCC)COP(=O)([O-])OCC[N+](C)(C)C. The van der Waals surface area contributed by atoms with E-state index in [4.69, 9.17) is 18.5 Å². The summed E-state index contributed by atoms with van der Waals surface area (Å²) in [6.07, 6.45) is 77.3. The molecule has 0 rings (SSSR count). The van der Waals surface area contributed by atoms with Gasteiger partial charge in [0.1, 0.15) is 19.8 Å². The molecule has 2 unspecified atom stereocenters. The van der Waals surface area contributed by atoms with Crippen LogP contribution in [0.1, 0.15) is 290 Å². The van der Waals surface area contributed by atoms with Gasteiger partial charge in [0.05, 0.1) is 27.7 Å². The molecule has 0 aliphatic heterocycles. The number of likely N-dealkylation sites (N-methyl/N-ethyl adjacent to an activating group) is 1. The molecule has 0 radical (unpaired) electrons. The quantitative estimate of drug-likeness (QED) is 0.0195. The molecular formula is C67H122NO8P. The number of carbonyl (C=O) groups excluding carboxylic acids is 2. The number of rotatable bonds is 59. The molecule has 0 aromatic carbocycles. The van der Waals surface area contributed by atoms with Gasteiger partial charge in [0, 0.05) is 12.8 Å². The molecule has 0 spiro atoms. The maximum Gasteiger partial charge on any atom is 0.306 e. The minimum absolute atomic E-state index is 0.0462. The second-order valence-electron chi connectivity index (χ2n) is 22.8. The molecule has 0 aliphatic rings. The van der Waals surface area contributed by atoms with E-state index in [0.29, 0.717) is 17.4 Å². The Morgan fingerprint density at radius 2 is 0.740 bits per heavy atom. The number of phosphoric ester groups is 1. The fourth-order valence-corrected chi connectivity index (χ4v) is 9.83. The van der Waals surface area contributed by atoms with Crippen LogP contribution in [0.2, 0.25) is 0 Å². The van der Waals surface area contributed by atoms with Crippen molar-refractivity contribution in [3.05, 3.63) is 72.9 Å². The second kappa shape index (κ2) is 58.1. The van der Waals surface area contributed by atoms with E-state index in [2.05, 4.69) is 74.6 Å². The smallest absolute Gasteiger partial charge is 0.306 e. The standard InChI is InChI=1S/C67H122NO8P/c1-6-8-10-12-14-16-18-20-22-24-26-27-28-29-30-31-32-33-34-35-36-37-38-39-40-42-43-45-47-49-51-53-55-57-59-66(69)73-63-65(64-75-77(71,72)74-62-61-68(3,4)5)76-67(70)60-58-56-54-52-50-48-46-44-41-25-23-21-19-17-15-13-11-9-7-2/h9,11,15,17,21,23,41,44,48,50,54,56,65H,6-8,10,12-14,16,18-20,22,24-40,42-43,45-47,49,51-53,55,57-64H2,1-5H3/b11-9-,17-15-,23-21-,44-41-,50-48-,56-54-. The number of ether oxygens (including phenoxy) is 2. The van der Waals surface area contributed by atoms with Crippen molar-refractivity contribution in [1.29, 1.82) is 0 Å². The third-order valence-electron chi connectivity index (χ3n) is 14.0. The van der Waals surface area contributed by atoms with E-state index in [1.165, 1.54) is 199 Å². The van der Waals surface area contributed by atoms with Crippen LogP contribution in [0, 0.1) is 0 Å². The van der Waals surface area contributed by atoms with Crippen molar-refractivity contribution in [2.45, 2.75) is 296 Å². The molecule has 0 aromatic heterocycles. The molecular weight excluding hydrogens is 978 g/mol. The van der Waals surface area contributed by atoms with Crippen molar-refractivity contribution in [2.24, 2.45) is 0 Å². The Morgan fingerprint density at radius 1 is 0.416 bits per heavy atom. The zero-order valence-electron chi connectivity index (χ0n) is 50.9. The molecule has 2 atom stereocenters. The Kier molecular flexibility index (Phi) is 56.2. The van der Waals surface area contributed by atoms with Gasteiger partial charge in [-0.1, -0.05) is 299 Å². The predicted octanol–water partition coefficient (Wildman–Crippen LogP) is 19.8. The monoisotopic (exact) mass is 1100 g/mol. The molecule has 0 saturated carbocycles. The molecule has 10 heteroatoms. The number of quaternary nitrogens is 1. The molecule has 0 heterocycles. The first-order valence-corrected chi connectivity index (χ1v) is 33.6. The first-order valence-electron chi connectivity index (χ1n) is 32.1. The van der Waals surface area contributed by atoms with E-state index in [1.807, 2.05) is 33.3 Å². The largest absolute Gasteiger partial charge is 0.756 e. The highest BCUT2D eigenvalue weighted by Crippen LogP contribution is 2.38. The summed E-state index contributed by atoms with van der Waals surface area (Å²) in [7, 11) is 1.12. The highest BCUT2D eigenvalue weighted by Gasteiger charge is 2.21. The zero-order chi connectivity index (χ0) is 56.3. The Bertz CT molecular complexity index is 1530. The molecule has 9 nitrogen and oxygen atoms in total. The molecule has 77 heavy (non-hydrogen) atoms. The van der Waals surface area contributed by atoms with Crippen LogP contribution in [-0.2, 0) is 32.7 Å². The lowest BCUT2D eigenvalue weighted by Crippen LogP contribution is -2.37. The zero-order valence-corrected chi connectivity index (χ0v) is 51.8. The maximum absolute atomic E-state index is 12.8. The van der Waals surface area contributed by atoms with Gasteiger partial charge in [-0.2, -0.15) is 0 Å². The lowest BCUT2D eigenvalue weighted by Gasteiger charge is -2.28. The van der Waals surface area contributed by atoms with Crippen LogP contribution < -0.4 is 4.89 Å². The average molecular weight is 1100 g/mol. The van der Waals surface area contributed by atoms with Crippen LogP contribution in [0.5, 0.6) is 0 Å². The van der Waals surface area contributed by atoms with Crippen LogP contribution in [-0.4, -0.2) is 70.0 Å². The van der Waals surface area contributed by atoms with Crippen molar-refractivity contribution in [1.82, 2.24) is 0 Å². The number of hydrogen-bond donors (Lipinski definition) is 0. The van der Waals surface area contributed by atoms with Gasteiger partial charge in [-0.3, -0.25) is 14.2 Å². The van der Waals surface area contributed by atoms with E-state index < -0.39 is 32.5 Å². The second-order valence-corrected chi connectivity index (χ2v) is 24.2. The van der Waals surface area contributed by atoms with E-state index in [-0.39, 0.29) is 26.1 Å². The van der Waals surface area contributed by atoms with Crippen LogP contribution in [0.15, 0.2) is 72.9 Å². The van der Waals surface area contributed by atoms with E-state index >= 15 is 0 Å². The topological polar surface area (TPSA) is 111 Å². The molecule has 0 saturated heterocycles. The van der Waals surface area contributed by atoms with Gasteiger partial charge in [0.2, 0.25) is 0 Å². The number of allylic oxidation sites excluding steroid dienone is 12. The highest BCUT2D eigenvalue weighted by atomic mass is 31.2. The molecule has 0 aromatic rings. The number of esters is 2. The predicted molar refractivity (Wildman–Crippen MR) is 328 cm³/mol. The van der Waals surface area contributed by atoms with Gasteiger partial charge in [-0.05, 0) is 51.4 Å². The molecule has 0 N–H and O–H groups in total. The maximum atomic E-state index is 12.8. The molecule has 0 fully saturated rings. The first kappa shape index (κ1) is 74.5. The normalized spacial score (nSPS) is 13.7. The van der Waals surface area contributed by atoms with Gasteiger partial charge < -0.3 is 27.9 Å². The Balaban J connectivity index is 4.04. The number of hydrogen-bond acceptors (Lipinski definition) is 8.